The molecule has 0 bridgehead atoms. The van der Waals surface area contributed by atoms with Crippen LogP contribution < -0.4 is 10.1 Å². The van der Waals surface area contributed by atoms with Gasteiger partial charge in [-0.2, -0.15) is 13.2 Å². The molecule has 1 aromatic rings. The summed E-state index contributed by atoms with van der Waals surface area (Å²) in [6, 6.07) is 4.68. The molecule has 1 unspecified atom stereocenters. The van der Waals surface area contributed by atoms with Gasteiger partial charge in [-0.15, -0.1) is 0 Å². The minimum absolute atomic E-state index is 0.140. The van der Waals surface area contributed by atoms with Gasteiger partial charge in [0.05, 0.1) is 4.47 Å². The number of rotatable bonds is 6. The molecule has 118 valence electrons. The molecule has 4 nitrogen and oxygen atoms in total. The van der Waals surface area contributed by atoms with Gasteiger partial charge in [-0.05, 0) is 41.1 Å². The fourth-order valence-corrected chi connectivity index (χ4v) is 2.15. The van der Waals surface area contributed by atoms with Crippen LogP contribution in [0.4, 0.5) is 13.2 Å². The summed E-state index contributed by atoms with van der Waals surface area (Å²) in [5.74, 6) is -1.60. The fourth-order valence-electron chi connectivity index (χ4n) is 1.35. The lowest BCUT2D eigenvalue weighted by Crippen LogP contribution is -2.60. The summed E-state index contributed by atoms with van der Waals surface area (Å²) in [5, 5.41) is 11.1. The molecule has 0 heterocycles. The maximum absolute atomic E-state index is 12.7. The Morgan fingerprint density at radius 3 is 2.57 bits per heavy atom. The Morgan fingerprint density at radius 1 is 1.48 bits per heavy atom. The number of hydrogen-bond donors (Lipinski definition) is 2. The molecule has 1 atom stereocenters. The number of alkyl halides is 3. The van der Waals surface area contributed by atoms with E-state index < -0.39 is 17.7 Å². The Balaban J connectivity index is 2.58. The molecular formula is C12H12BrClF3NO3. The maximum atomic E-state index is 12.7. The van der Waals surface area contributed by atoms with Gasteiger partial charge in [0.15, 0.2) is 0 Å². The number of carbonyl (C=O) groups is 1. The Bertz CT molecular complexity index is 527. The predicted molar refractivity (Wildman–Crippen MR) is 74.7 cm³/mol. The van der Waals surface area contributed by atoms with Gasteiger partial charge in [-0.3, -0.25) is 5.32 Å². The minimum atomic E-state index is -4.92. The van der Waals surface area contributed by atoms with Crippen LogP contribution in [0.15, 0.2) is 22.7 Å². The van der Waals surface area contributed by atoms with Gasteiger partial charge in [-0.1, -0.05) is 11.6 Å². The van der Waals surface area contributed by atoms with Crippen LogP contribution in [0, 0.1) is 0 Å². The zero-order valence-electron chi connectivity index (χ0n) is 10.8. The zero-order chi connectivity index (χ0) is 16.3. The Morgan fingerprint density at radius 2 is 2.10 bits per heavy atom. The van der Waals surface area contributed by atoms with E-state index in [-0.39, 0.29) is 13.2 Å². The fraction of sp³-hybridized carbons (Fsp3) is 0.417. The molecule has 0 amide bonds. The second kappa shape index (κ2) is 6.85. The van der Waals surface area contributed by atoms with E-state index in [1.54, 1.807) is 18.2 Å². The van der Waals surface area contributed by atoms with Crippen molar-refractivity contribution in [3.8, 4) is 5.75 Å². The number of hydrogen-bond acceptors (Lipinski definition) is 3. The quantitative estimate of drug-likeness (QED) is 0.730. The number of halogens is 5. The third-order valence-corrected chi connectivity index (χ3v) is 3.58. The highest BCUT2D eigenvalue weighted by Crippen LogP contribution is 2.30. The molecule has 0 aliphatic heterocycles. The van der Waals surface area contributed by atoms with Crippen molar-refractivity contribution in [2.45, 2.75) is 18.6 Å². The molecule has 0 aliphatic rings. The van der Waals surface area contributed by atoms with E-state index >= 15 is 0 Å². The molecule has 1 aromatic carbocycles. The molecule has 2 N–H and O–H groups in total. The first-order valence-corrected chi connectivity index (χ1v) is 6.88. The first-order chi connectivity index (χ1) is 9.58. The van der Waals surface area contributed by atoms with Gasteiger partial charge in [0.2, 0.25) is 5.54 Å². The number of ether oxygens (including phenoxy) is 1. The van der Waals surface area contributed by atoms with E-state index in [0.717, 1.165) is 0 Å². The van der Waals surface area contributed by atoms with Crippen LogP contribution in [-0.4, -0.2) is 35.9 Å². The van der Waals surface area contributed by atoms with Crippen molar-refractivity contribution in [1.82, 2.24) is 5.32 Å². The normalized spacial score (nSPS) is 14.6. The van der Waals surface area contributed by atoms with Gasteiger partial charge < -0.3 is 9.84 Å². The molecule has 0 saturated carbocycles. The second-order valence-corrected chi connectivity index (χ2v) is 5.57. The van der Waals surface area contributed by atoms with Crippen LogP contribution in [0.1, 0.15) is 6.92 Å². The van der Waals surface area contributed by atoms with Crippen molar-refractivity contribution in [3.05, 3.63) is 27.7 Å². The average molecular weight is 391 g/mol. The van der Waals surface area contributed by atoms with E-state index in [1.165, 1.54) is 0 Å². The Kier molecular flexibility index (Phi) is 5.89. The molecule has 0 fully saturated rings. The van der Waals surface area contributed by atoms with Crippen LogP contribution in [-0.2, 0) is 4.79 Å². The average Bonchev–Trinajstić information content (AvgIpc) is 2.34. The summed E-state index contributed by atoms with van der Waals surface area (Å²) in [4.78, 5) is 10.8. The smallest absolute Gasteiger partial charge is 0.417 e. The number of carboxylic acid groups (broad SMARTS) is 1. The Labute approximate surface area is 132 Å². The van der Waals surface area contributed by atoms with E-state index in [1.807, 2.05) is 5.32 Å². The van der Waals surface area contributed by atoms with Crippen LogP contribution >= 0.6 is 27.5 Å². The molecule has 0 saturated heterocycles. The highest BCUT2D eigenvalue weighted by molar-refractivity contribution is 9.10. The maximum Gasteiger partial charge on any atom is 0.417 e. The Hall–Kier alpha value is -0.990. The number of carboxylic acids is 1. The van der Waals surface area contributed by atoms with E-state index in [2.05, 4.69) is 15.9 Å². The first kappa shape index (κ1) is 18.1. The highest BCUT2D eigenvalue weighted by atomic mass is 79.9. The topological polar surface area (TPSA) is 58.6 Å². The van der Waals surface area contributed by atoms with Crippen LogP contribution in [0.25, 0.3) is 0 Å². The largest absolute Gasteiger partial charge is 0.491 e. The lowest BCUT2D eigenvalue weighted by molar-refractivity contribution is -0.206. The second-order valence-electron chi connectivity index (χ2n) is 4.28. The van der Waals surface area contributed by atoms with E-state index in [9.17, 15) is 18.0 Å². The van der Waals surface area contributed by atoms with Gasteiger partial charge in [-0.25, -0.2) is 4.79 Å². The van der Waals surface area contributed by atoms with E-state index in [4.69, 9.17) is 21.4 Å². The van der Waals surface area contributed by atoms with Crippen molar-refractivity contribution >= 4 is 33.5 Å². The summed E-state index contributed by atoms with van der Waals surface area (Å²) in [7, 11) is 0. The third-order valence-electron chi connectivity index (χ3n) is 2.73. The molecule has 21 heavy (non-hydrogen) atoms. The zero-order valence-corrected chi connectivity index (χ0v) is 13.1. The van der Waals surface area contributed by atoms with Crippen molar-refractivity contribution in [2.75, 3.05) is 13.2 Å². The standard InChI is InChI=1S/C12H12BrClF3NO3/c1-11(10(19)20,12(15,16)17)18-4-5-21-9-3-2-7(14)6-8(9)13/h2-3,6,18H,4-5H2,1H3,(H,19,20). The van der Waals surface area contributed by atoms with Crippen molar-refractivity contribution in [2.24, 2.45) is 0 Å². The van der Waals surface area contributed by atoms with Gasteiger partial charge >= 0.3 is 12.1 Å². The minimum Gasteiger partial charge on any atom is -0.491 e. The SMILES string of the molecule is CC(NCCOc1ccc(Cl)cc1Br)(C(=O)O)C(F)(F)F. The van der Waals surface area contributed by atoms with Gasteiger partial charge in [0, 0.05) is 11.6 Å². The molecule has 0 aromatic heterocycles. The number of aliphatic carboxylic acids is 1. The summed E-state index contributed by atoms with van der Waals surface area (Å²) in [5.41, 5.74) is -3.02. The van der Waals surface area contributed by atoms with Crippen molar-refractivity contribution in [1.29, 1.82) is 0 Å². The summed E-state index contributed by atoms with van der Waals surface area (Å²) >= 11 is 8.92. The highest BCUT2D eigenvalue weighted by Gasteiger charge is 2.57. The van der Waals surface area contributed by atoms with Crippen LogP contribution in [0.3, 0.4) is 0 Å². The molecule has 0 aliphatic carbocycles. The van der Waals surface area contributed by atoms with Crippen LogP contribution in [0.2, 0.25) is 5.02 Å². The molecule has 0 spiro atoms. The molecule has 1 rings (SSSR count). The van der Waals surface area contributed by atoms with Crippen LogP contribution in [0.5, 0.6) is 5.75 Å². The van der Waals surface area contributed by atoms with Crippen molar-refractivity contribution in [3.63, 3.8) is 0 Å². The summed E-state index contributed by atoms with van der Waals surface area (Å²) in [6.45, 7) is 0.129. The molecule has 0 radical (unpaired) electrons. The lowest BCUT2D eigenvalue weighted by atomic mass is 10.0. The molecule has 9 heteroatoms. The number of benzene rings is 1. The molecular weight excluding hydrogens is 378 g/mol. The summed E-state index contributed by atoms with van der Waals surface area (Å²) < 4.78 is 43.9. The number of nitrogens with one attached hydrogen (secondary N) is 1. The van der Waals surface area contributed by atoms with Crippen molar-refractivity contribution < 1.29 is 27.8 Å². The van der Waals surface area contributed by atoms with E-state index in [0.29, 0.717) is 22.2 Å². The summed E-state index contributed by atoms with van der Waals surface area (Å²) in [6.07, 6.45) is -4.92. The van der Waals surface area contributed by atoms with Gasteiger partial charge in [0.25, 0.3) is 0 Å². The third kappa shape index (κ3) is 4.49. The lowest BCUT2D eigenvalue weighted by Gasteiger charge is -2.28. The predicted octanol–water partition coefficient (Wildman–Crippen LogP) is 3.48. The monoisotopic (exact) mass is 389 g/mol. The first-order valence-electron chi connectivity index (χ1n) is 5.71. The van der Waals surface area contributed by atoms with Gasteiger partial charge in [0.1, 0.15) is 12.4 Å².